The third-order valence-electron chi connectivity index (χ3n) is 4.28. The largest absolute Gasteiger partial charge is 0.444 e. The van der Waals surface area contributed by atoms with Crippen LogP contribution < -0.4 is 5.32 Å². The minimum atomic E-state index is -0.454. The Hall–Kier alpha value is -1.56. The van der Waals surface area contributed by atoms with Crippen LogP contribution in [0.2, 0.25) is 0 Å². The molecule has 23 heavy (non-hydrogen) atoms. The van der Waals surface area contributed by atoms with Crippen molar-refractivity contribution in [2.75, 3.05) is 6.54 Å². The van der Waals surface area contributed by atoms with Gasteiger partial charge in [0.05, 0.1) is 11.7 Å². The zero-order valence-corrected chi connectivity index (χ0v) is 15.0. The maximum atomic E-state index is 12.5. The molecule has 0 spiro atoms. The summed E-state index contributed by atoms with van der Waals surface area (Å²) in [6.07, 6.45) is 4.82. The summed E-state index contributed by atoms with van der Waals surface area (Å²) in [6, 6.07) is 2.39. The highest BCUT2D eigenvalue weighted by Gasteiger charge is 2.33. The number of nitrogens with one attached hydrogen (secondary N) is 1. The lowest BCUT2D eigenvalue weighted by atomic mass is 9.97. The monoisotopic (exact) mass is 322 g/mol. The van der Waals surface area contributed by atoms with E-state index in [1.165, 1.54) is 0 Å². The minimum absolute atomic E-state index is 0.173. The first-order valence-corrected chi connectivity index (χ1v) is 8.48. The fraction of sp³-hybridized carbons (Fsp3) is 0.765. The smallest absolute Gasteiger partial charge is 0.410 e. The number of carbonyl (C=O) groups excluding carboxylic acids is 1. The average Bonchev–Trinajstić information content (AvgIpc) is 2.88. The van der Waals surface area contributed by atoms with Gasteiger partial charge in [0.1, 0.15) is 5.60 Å². The van der Waals surface area contributed by atoms with Gasteiger partial charge in [-0.05, 0) is 53.0 Å². The van der Waals surface area contributed by atoms with Gasteiger partial charge in [0.2, 0.25) is 0 Å². The molecule has 1 saturated heterocycles. The van der Waals surface area contributed by atoms with E-state index in [0.717, 1.165) is 38.0 Å². The van der Waals surface area contributed by atoms with Crippen molar-refractivity contribution >= 4 is 6.09 Å². The highest BCUT2D eigenvalue weighted by atomic mass is 16.6. The minimum Gasteiger partial charge on any atom is -0.444 e. The number of aromatic nitrogens is 2. The Balaban J connectivity index is 1.96. The Morgan fingerprint density at radius 1 is 1.48 bits per heavy atom. The Bertz CT molecular complexity index is 521. The zero-order chi connectivity index (χ0) is 17.0. The molecule has 1 aliphatic heterocycles. The first kappa shape index (κ1) is 17.8. The van der Waals surface area contributed by atoms with Crippen LogP contribution in [0, 0.1) is 0 Å². The summed E-state index contributed by atoms with van der Waals surface area (Å²) < 4.78 is 7.44. The summed E-state index contributed by atoms with van der Waals surface area (Å²) in [6.45, 7) is 9.40. The summed E-state index contributed by atoms with van der Waals surface area (Å²) in [7, 11) is 1.94. The van der Waals surface area contributed by atoms with Gasteiger partial charge >= 0.3 is 6.09 Å². The maximum absolute atomic E-state index is 12.5. The summed E-state index contributed by atoms with van der Waals surface area (Å²) in [4.78, 5) is 14.4. The number of amides is 1. The molecule has 0 radical (unpaired) electrons. The molecule has 2 atom stereocenters. The molecule has 1 aromatic rings. The van der Waals surface area contributed by atoms with Crippen LogP contribution in [0.3, 0.4) is 0 Å². The fourth-order valence-electron chi connectivity index (χ4n) is 3.00. The van der Waals surface area contributed by atoms with Gasteiger partial charge in [0.25, 0.3) is 0 Å². The van der Waals surface area contributed by atoms with Crippen molar-refractivity contribution in [2.24, 2.45) is 7.05 Å². The number of piperidine rings is 1. The van der Waals surface area contributed by atoms with E-state index >= 15 is 0 Å². The van der Waals surface area contributed by atoms with Crippen LogP contribution in [0.1, 0.15) is 52.7 Å². The molecule has 1 fully saturated rings. The highest BCUT2D eigenvalue weighted by Crippen LogP contribution is 2.22. The van der Waals surface area contributed by atoms with Crippen LogP contribution in [-0.4, -0.2) is 45.0 Å². The molecule has 1 N–H and O–H groups in total. The average molecular weight is 322 g/mol. The second-order valence-electron chi connectivity index (χ2n) is 7.35. The van der Waals surface area contributed by atoms with Crippen LogP contribution >= 0.6 is 0 Å². The number of hydrogen-bond donors (Lipinski definition) is 1. The lowest BCUT2D eigenvalue weighted by Crippen LogP contribution is -2.54. The Morgan fingerprint density at radius 3 is 2.83 bits per heavy atom. The molecule has 6 heteroatoms. The van der Waals surface area contributed by atoms with Gasteiger partial charge in [-0.3, -0.25) is 4.68 Å². The molecule has 0 unspecified atom stereocenters. The fourth-order valence-corrected chi connectivity index (χ4v) is 3.00. The van der Waals surface area contributed by atoms with Gasteiger partial charge in [-0.15, -0.1) is 0 Å². The molecule has 0 saturated carbocycles. The number of hydrogen-bond acceptors (Lipinski definition) is 4. The second kappa shape index (κ2) is 7.34. The lowest BCUT2D eigenvalue weighted by Gasteiger charge is -2.40. The molecular formula is C17H30N4O2. The van der Waals surface area contributed by atoms with E-state index in [-0.39, 0.29) is 18.2 Å². The van der Waals surface area contributed by atoms with Crippen molar-refractivity contribution in [2.45, 2.75) is 71.2 Å². The lowest BCUT2D eigenvalue weighted by molar-refractivity contribution is 0.00550. The maximum Gasteiger partial charge on any atom is 0.410 e. The van der Waals surface area contributed by atoms with Gasteiger partial charge in [-0.2, -0.15) is 5.10 Å². The first-order valence-electron chi connectivity index (χ1n) is 8.48. The Kier molecular flexibility index (Phi) is 5.68. The molecule has 1 aliphatic rings. The van der Waals surface area contributed by atoms with Crippen molar-refractivity contribution < 1.29 is 9.53 Å². The third-order valence-corrected chi connectivity index (χ3v) is 4.28. The van der Waals surface area contributed by atoms with Crippen LogP contribution in [0.4, 0.5) is 4.79 Å². The number of rotatable bonds is 4. The molecule has 2 heterocycles. The van der Waals surface area contributed by atoms with E-state index in [4.69, 9.17) is 4.74 Å². The quantitative estimate of drug-likeness (QED) is 0.926. The van der Waals surface area contributed by atoms with E-state index in [0.29, 0.717) is 0 Å². The van der Waals surface area contributed by atoms with Crippen LogP contribution in [-0.2, 0) is 18.3 Å². The Labute approximate surface area is 139 Å². The third kappa shape index (κ3) is 4.96. The second-order valence-corrected chi connectivity index (χ2v) is 7.35. The van der Waals surface area contributed by atoms with Crippen LogP contribution in [0.15, 0.2) is 12.3 Å². The number of ether oxygens (including phenoxy) is 1. The van der Waals surface area contributed by atoms with E-state index < -0.39 is 5.60 Å². The summed E-state index contributed by atoms with van der Waals surface area (Å²) >= 11 is 0. The molecular weight excluding hydrogens is 292 g/mol. The van der Waals surface area contributed by atoms with Crippen LogP contribution in [0.25, 0.3) is 0 Å². The molecule has 6 nitrogen and oxygen atoms in total. The standard InChI is InChI=1S/C17H30N4O2/c1-13(18-12-14-9-10-19-20(14)5)15-8-6-7-11-21(15)16(22)23-17(2,3)4/h9-10,13,15,18H,6-8,11-12H2,1-5H3/t13-,15-/m1/s1. The predicted octanol–water partition coefficient (Wildman–Crippen LogP) is 2.69. The van der Waals surface area contributed by atoms with Crippen molar-refractivity contribution in [1.82, 2.24) is 20.0 Å². The summed E-state index contributed by atoms with van der Waals surface area (Å²) in [5.74, 6) is 0. The first-order chi connectivity index (χ1) is 10.8. The number of nitrogens with zero attached hydrogens (tertiary/aromatic N) is 3. The molecule has 0 aromatic carbocycles. The summed E-state index contributed by atoms with van der Waals surface area (Å²) in [5, 5.41) is 7.72. The molecule has 0 bridgehead atoms. The zero-order valence-electron chi connectivity index (χ0n) is 15.0. The van der Waals surface area contributed by atoms with Crippen molar-refractivity contribution in [1.29, 1.82) is 0 Å². The van der Waals surface area contributed by atoms with Crippen molar-refractivity contribution in [3.8, 4) is 0 Å². The highest BCUT2D eigenvalue weighted by molar-refractivity contribution is 5.68. The van der Waals surface area contributed by atoms with Crippen molar-refractivity contribution in [3.05, 3.63) is 18.0 Å². The topological polar surface area (TPSA) is 59.4 Å². The molecule has 1 amide bonds. The predicted molar refractivity (Wildman–Crippen MR) is 90.1 cm³/mol. The van der Waals surface area contributed by atoms with Gasteiger partial charge in [-0.25, -0.2) is 4.79 Å². The Morgan fingerprint density at radius 2 is 2.22 bits per heavy atom. The van der Waals surface area contributed by atoms with Crippen molar-refractivity contribution in [3.63, 3.8) is 0 Å². The van der Waals surface area contributed by atoms with E-state index in [9.17, 15) is 4.79 Å². The number of carbonyl (C=O) groups is 1. The number of aryl methyl sites for hydroxylation is 1. The SMILES string of the molecule is C[C@@H](NCc1ccnn1C)[C@H]1CCCCN1C(=O)OC(C)(C)C. The summed E-state index contributed by atoms with van der Waals surface area (Å²) in [5.41, 5.74) is 0.682. The van der Waals surface area contributed by atoms with E-state index in [1.54, 1.807) is 6.20 Å². The van der Waals surface area contributed by atoms with E-state index in [2.05, 4.69) is 17.3 Å². The normalized spacial score (nSPS) is 20.4. The van der Waals surface area contributed by atoms with E-state index in [1.807, 2.05) is 43.5 Å². The molecule has 1 aromatic heterocycles. The molecule has 2 rings (SSSR count). The van der Waals surface area contributed by atoms with Gasteiger partial charge < -0.3 is 15.0 Å². The van der Waals surface area contributed by atoms with Crippen LogP contribution in [0.5, 0.6) is 0 Å². The molecule has 130 valence electrons. The number of likely N-dealkylation sites (tertiary alicyclic amines) is 1. The van der Waals surface area contributed by atoms with Gasteiger partial charge in [-0.1, -0.05) is 0 Å². The molecule has 0 aliphatic carbocycles. The van der Waals surface area contributed by atoms with Gasteiger partial charge in [0.15, 0.2) is 0 Å². The van der Waals surface area contributed by atoms with Gasteiger partial charge in [0, 0.05) is 32.4 Å².